The number of sulfonamides is 1. The van der Waals surface area contributed by atoms with Crippen LogP contribution in [0.25, 0.3) is 11.4 Å². The normalized spacial score (nSPS) is 13.1. The molecule has 1 aromatic heterocycles. The lowest BCUT2D eigenvalue weighted by Crippen LogP contribution is -2.22. The molecule has 0 aliphatic carbocycles. The smallest absolute Gasteiger partial charge is 0.233 e. The van der Waals surface area contributed by atoms with Gasteiger partial charge in [0, 0.05) is 24.2 Å². The predicted molar refractivity (Wildman–Crippen MR) is 83.7 cm³/mol. The number of anilines is 1. The second-order valence-electron chi connectivity index (χ2n) is 4.99. The first-order valence-corrected chi connectivity index (χ1v) is 8.61. The molecule has 1 aromatic carbocycles. The number of alkyl halides is 1. The van der Waals surface area contributed by atoms with E-state index in [4.69, 9.17) is 11.6 Å². The van der Waals surface area contributed by atoms with Crippen LogP contribution in [0.5, 0.6) is 0 Å². The van der Waals surface area contributed by atoms with E-state index < -0.39 is 10.0 Å². The lowest BCUT2D eigenvalue weighted by atomic mass is 10.2. The molecule has 8 heteroatoms. The molecule has 0 radical (unpaired) electrons. The number of rotatable bonds is 6. The lowest BCUT2D eigenvalue weighted by molar-refractivity contribution is 0.588. The van der Waals surface area contributed by atoms with Crippen molar-refractivity contribution in [2.75, 3.05) is 16.4 Å². The highest BCUT2D eigenvalue weighted by Gasteiger charge is 2.15. The van der Waals surface area contributed by atoms with Gasteiger partial charge in [-0.1, -0.05) is 19.1 Å². The van der Waals surface area contributed by atoms with Crippen molar-refractivity contribution >= 4 is 27.3 Å². The number of aromatic nitrogens is 3. The Morgan fingerprint density at radius 2 is 2.19 bits per heavy atom. The quantitative estimate of drug-likeness (QED) is 0.824. The van der Waals surface area contributed by atoms with Crippen LogP contribution in [0.4, 0.5) is 5.69 Å². The third kappa shape index (κ3) is 4.18. The molecule has 0 saturated heterocycles. The predicted octanol–water partition coefficient (Wildman–Crippen LogP) is 2.10. The van der Waals surface area contributed by atoms with Crippen LogP contribution in [0.15, 0.2) is 30.6 Å². The second kappa shape index (κ2) is 6.44. The maximum atomic E-state index is 12.0. The SMILES string of the molecule is CC(CCl)CS(=O)(=O)Nc1cccc(-c2nncn2C)c1. The molecular weight excluding hydrogens is 312 g/mol. The van der Waals surface area contributed by atoms with Gasteiger partial charge in [0.05, 0.1) is 5.75 Å². The van der Waals surface area contributed by atoms with Crippen molar-refractivity contribution in [3.05, 3.63) is 30.6 Å². The fourth-order valence-electron chi connectivity index (χ4n) is 1.91. The minimum atomic E-state index is -3.42. The van der Waals surface area contributed by atoms with Gasteiger partial charge in [0.2, 0.25) is 10.0 Å². The summed E-state index contributed by atoms with van der Waals surface area (Å²) in [4.78, 5) is 0. The maximum absolute atomic E-state index is 12.0. The molecule has 1 atom stereocenters. The van der Waals surface area contributed by atoms with Gasteiger partial charge in [-0.2, -0.15) is 0 Å². The highest BCUT2D eigenvalue weighted by Crippen LogP contribution is 2.21. The highest BCUT2D eigenvalue weighted by molar-refractivity contribution is 7.92. The van der Waals surface area contributed by atoms with Crippen molar-refractivity contribution < 1.29 is 8.42 Å². The second-order valence-corrected chi connectivity index (χ2v) is 7.06. The van der Waals surface area contributed by atoms with Crippen molar-refractivity contribution in [2.24, 2.45) is 13.0 Å². The maximum Gasteiger partial charge on any atom is 0.233 e. The summed E-state index contributed by atoms with van der Waals surface area (Å²) in [5, 5.41) is 7.82. The Balaban J connectivity index is 2.21. The number of nitrogens with zero attached hydrogens (tertiary/aromatic N) is 3. The van der Waals surface area contributed by atoms with Gasteiger partial charge in [-0.3, -0.25) is 4.72 Å². The topological polar surface area (TPSA) is 76.9 Å². The molecule has 21 heavy (non-hydrogen) atoms. The highest BCUT2D eigenvalue weighted by atomic mass is 35.5. The lowest BCUT2D eigenvalue weighted by Gasteiger charge is -2.12. The van der Waals surface area contributed by atoms with Crippen LogP contribution < -0.4 is 4.72 Å². The Morgan fingerprint density at radius 1 is 1.43 bits per heavy atom. The van der Waals surface area contributed by atoms with E-state index >= 15 is 0 Å². The zero-order valence-electron chi connectivity index (χ0n) is 11.8. The molecule has 2 rings (SSSR count). The molecule has 2 aromatic rings. The van der Waals surface area contributed by atoms with E-state index in [2.05, 4.69) is 14.9 Å². The van der Waals surface area contributed by atoms with Crippen molar-refractivity contribution in [1.82, 2.24) is 14.8 Å². The van der Waals surface area contributed by atoms with Crippen LogP contribution >= 0.6 is 11.6 Å². The Hall–Kier alpha value is -1.60. The molecule has 1 heterocycles. The summed E-state index contributed by atoms with van der Waals surface area (Å²) in [6, 6.07) is 7.05. The average molecular weight is 329 g/mol. The number of benzene rings is 1. The van der Waals surface area contributed by atoms with Crippen LogP contribution in [-0.4, -0.2) is 34.8 Å². The molecule has 6 nitrogen and oxygen atoms in total. The third-order valence-corrected chi connectivity index (χ3v) is 4.95. The molecule has 0 aliphatic heterocycles. The molecule has 0 fully saturated rings. The summed E-state index contributed by atoms with van der Waals surface area (Å²) < 4.78 is 28.4. The van der Waals surface area contributed by atoms with E-state index in [1.54, 1.807) is 36.0 Å². The van der Waals surface area contributed by atoms with Crippen molar-refractivity contribution in [3.63, 3.8) is 0 Å². The van der Waals surface area contributed by atoms with Crippen LogP contribution in [-0.2, 0) is 17.1 Å². The Kier molecular flexibility index (Phi) is 4.84. The van der Waals surface area contributed by atoms with Gasteiger partial charge in [-0.25, -0.2) is 8.42 Å². The zero-order valence-corrected chi connectivity index (χ0v) is 13.4. The Morgan fingerprint density at radius 3 is 2.81 bits per heavy atom. The van der Waals surface area contributed by atoms with E-state index in [-0.39, 0.29) is 11.7 Å². The van der Waals surface area contributed by atoms with Crippen LogP contribution in [0, 0.1) is 5.92 Å². The summed E-state index contributed by atoms with van der Waals surface area (Å²) in [6.07, 6.45) is 1.59. The molecular formula is C13H17ClN4O2S. The van der Waals surface area contributed by atoms with E-state index in [1.165, 1.54) is 0 Å². The first-order chi connectivity index (χ1) is 9.91. The number of hydrogen-bond donors (Lipinski definition) is 1. The number of nitrogens with one attached hydrogen (secondary N) is 1. The Bertz CT molecular complexity index is 714. The van der Waals surface area contributed by atoms with Crippen LogP contribution in [0.3, 0.4) is 0 Å². The van der Waals surface area contributed by atoms with Crippen molar-refractivity contribution in [1.29, 1.82) is 0 Å². The first-order valence-electron chi connectivity index (χ1n) is 6.42. The summed E-state index contributed by atoms with van der Waals surface area (Å²) in [7, 11) is -1.59. The number of aryl methyl sites for hydroxylation is 1. The van der Waals surface area contributed by atoms with E-state index in [0.29, 0.717) is 17.4 Å². The molecule has 0 aliphatic rings. The minimum Gasteiger partial charge on any atom is -0.317 e. The minimum absolute atomic E-state index is 0.00924. The van der Waals surface area contributed by atoms with E-state index in [0.717, 1.165) is 5.56 Å². The van der Waals surface area contributed by atoms with Crippen molar-refractivity contribution in [3.8, 4) is 11.4 Å². The fourth-order valence-corrected chi connectivity index (χ4v) is 3.58. The van der Waals surface area contributed by atoms with Crippen molar-refractivity contribution in [2.45, 2.75) is 6.92 Å². The van der Waals surface area contributed by atoms with Gasteiger partial charge in [0.25, 0.3) is 0 Å². The van der Waals surface area contributed by atoms with Gasteiger partial charge in [0.15, 0.2) is 5.82 Å². The van der Waals surface area contributed by atoms with Crippen LogP contribution in [0.1, 0.15) is 6.92 Å². The molecule has 0 saturated carbocycles. The fraction of sp³-hybridized carbons (Fsp3) is 0.385. The van der Waals surface area contributed by atoms with Gasteiger partial charge in [-0.15, -0.1) is 21.8 Å². The zero-order chi connectivity index (χ0) is 15.5. The molecule has 0 spiro atoms. The molecule has 1 unspecified atom stereocenters. The van der Waals surface area contributed by atoms with E-state index in [1.807, 2.05) is 13.1 Å². The summed E-state index contributed by atoms with van der Waals surface area (Å²) in [5.41, 5.74) is 1.29. The molecule has 1 N–H and O–H groups in total. The molecule has 114 valence electrons. The summed E-state index contributed by atoms with van der Waals surface area (Å²) >= 11 is 5.66. The van der Waals surface area contributed by atoms with Crippen LogP contribution in [0.2, 0.25) is 0 Å². The summed E-state index contributed by atoms with van der Waals surface area (Å²) in [5.74, 6) is 0.862. The van der Waals surface area contributed by atoms with Gasteiger partial charge in [-0.05, 0) is 18.1 Å². The standard InChI is InChI=1S/C13H17ClN4O2S/c1-10(7-14)8-21(19,20)17-12-5-3-4-11(6-12)13-16-15-9-18(13)2/h3-6,9-10,17H,7-8H2,1-2H3. The summed E-state index contributed by atoms with van der Waals surface area (Å²) in [6.45, 7) is 1.79. The number of hydrogen-bond acceptors (Lipinski definition) is 4. The molecule has 0 amide bonds. The van der Waals surface area contributed by atoms with Gasteiger partial charge >= 0.3 is 0 Å². The Labute approximate surface area is 129 Å². The third-order valence-electron chi connectivity index (χ3n) is 2.87. The largest absolute Gasteiger partial charge is 0.317 e. The van der Waals surface area contributed by atoms with Gasteiger partial charge < -0.3 is 4.57 Å². The average Bonchev–Trinajstić information content (AvgIpc) is 2.84. The van der Waals surface area contributed by atoms with E-state index in [9.17, 15) is 8.42 Å². The number of halogens is 1. The van der Waals surface area contributed by atoms with Gasteiger partial charge in [0.1, 0.15) is 6.33 Å². The molecule has 0 bridgehead atoms. The first kappa shape index (κ1) is 15.8. The monoisotopic (exact) mass is 328 g/mol.